The summed E-state index contributed by atoms with van der Waals surface area (Å²) in [5.74, 6) is 1.41. The number of rotatable bonds is 4. The van der Waals surface area contributed by atoms with Gasteiger partial charge >= 0.3 is 0 Å². The average molecular weight is 235 g/mol. The van der Waals surface area contributed by atoms with Gasteiger partial charge < -0.3 is 10.1 Å². The molecule has 0 saturated carbocycles. The third-order valence-corrected chi connectivity index (χ3v) is 2.34. The van der Waals surface area contributed by atoms with Gasteiger partial charge in [0.05, 0.1) is 13.2 Å². The van der Waals surface area contributed by atoms with Gasteiger partial charge in [0.25, 0.3) is 5.91 Å². The molecule has 0 spiro atoms. The van der Waals surface area contributed by atoms with Crippen LogP contribution in [-0.2, 0) is 0 Å². The van der Waals surface area contributed by atoms with Gasteiger partial charge in [-0.3, -0.25) is 4.79 Å². The van der Waals surface area contributed by atoms with Crippen molar-refractivity contribution in [3.63, 3.8) is 0 Å². The minimum absolute atomic E-state index is 0.122. The van der Waals surface area contributed by atoms with Crippen LogP contribution in [0, 0.1) is 18.2 Å². The molecule has 1 amide bonds. The zero-order valence-electron chi connectivity index (χ0n) is 9.79. The van der Waals surface area contributed by atoms with Gasteiger partial charge in [-0.1, -0.05) is 18.9 Å². The van der Waals surface area contributed by atoms with Crippen molar-refractivity contribution in [1.29, 1.82) is 0 Å². The molecule has 0 aliphatic rings. The molecule has 4 heteroatoms. The van der Waals surface area contributed by atoms with Crippen molar-refractivity contribution in [2.45, 2.75) is 19.4 Å². The Balaban J connectivity index is 3.00. The van der Waals surface area contributed by atoms with Crippen LogP contribution in [0.4, 0.5) is 4.39 Å². The maximum absolute atomic E-state index is 13.6. The third-order valence-electron chi connectivity index (χ3n) is 2.34. The lowest BCUT2D eigenvalue weighted by atomic mass is 10.1. The number of amides is 1. The lowest BCUT2D eigenvalue weighted by molar-refractivity contribution is 0.0937. The van der Waals surface area contributed by atoms with Gasteiger partial charge in [0, 0.05) is 0 Å². The lowest BCUT2D eigenvalue weighted by Gasteiger charge is -2.13. The first-order valence-electron chi connectivity index (χ1n) is 5.23. The van der Waals surface area contributed by atoms with Crippen LogP contribution in [0.15, 0.2) is 18.2 Å². The van der Waals surface area contributed by atoms with Crippen LogP contribution in [0.3, 0.4) is 0 Å². The van der Waals surface area contributed by atoms with Crippen molar-refractivity contribution in [1.82, 2.24) is 5.32 Å². The van der Waals surface area contributed by atoms with Crippen molar-refractivity contribution in [3.8, 4) is 18.1 Å². The molecule has 0 heterocycles. The minimum atomic E-state index is -0.631. The second-order valence-corrected chi connectivity index (χ2v) is 3.42. The van der Waals surface area contributed by atoms with Crippen LogP contribution < -0.4 is 10.1 Å². The zero-order chi connectivity index (χ0) is 12.8. The molecule has 1 N–H and O–H groups in total. The van der Waals surface area contributed by atoms with E-state index in [1.165, 1.54) is 25.3 Å². The topological polar surface area (TPSA) is 38.3 Å². The third kappa shape index (κ3) is 2.97. The smallest absolute Gasteiger partial charge is 0.259 e. The Morgan fingerprint density at radius 2 is 2.35 bits per heavy atom. The van der Waals surface area contributed by atoms with Crippen LogP contribution >= 0.6 is 0 Å². The van der Waals surface area contributed by atoms with E-state index in [4.69, 9.17) is 11.2 Å². The van der Waals surface area contributed by atoms with E-state index in [1.807, 2.05) is 6.92 Å². The number of hydrogen-bond acceptors (Lipinski definition) is 2. The molecule has 1 aromatic rings. The van der Waals surface area contributed by atoms with Crippen LogP contribution in [0.5, 0.6) is 5.75 Å². The van der Waals surface area contributed by atoms with E-state index in [1.54, 1.807) is 0 Å². The fourth-order valence-electron chi connectivity index (χ4n) is 1.39. The Morgan fingerprint density at radius 1 is 1.65 bits per heavy atom. The molecular formula is C13H14FNO2. The number of carbonyl (C=O) groups is 1. The van der Waals surface area contributed by atoms with E-state index < -0.39 is 17.8 Å². The average Bonchev–Trinajstić information content (AvgIpc) is 2.35. The van der Waals surface area contributed by atoms with E-state index in [0.29, 0.717) is 6.42 Å². The molecule has 0 fully saturated rings. The Morgan fingerprint density at radius 3 is 2.88 bits per heavy atom. The normalized spacial score (nSPS) is 11.4. The van der Waals surface area contributed by atoms with Gasteiger partial charge in [0.15, 0.2) is 0 Å². The molecule has 90 valence electrons. The fourth-order valence-corrected chi connectivity index (χ4v) is 1.39. The van der Waals surface area contributed by atoms with Crippen molar-refractivity contribution < 1.29 is 13.9 Å². The standard InChI is InChI=1S/C13H14FNO2/c1-4-9(5-2)15-13(16)12-10(14)7-6-8-11(12)17-3/h1,6-9H,5H2,2-3H3,(H,15,16). The Labute approximate surface area is 100.0 Å². The molecule has 3 nitrogen and oxygen atoms in total. The summed E-state index contributed by atoms with van der Waals surface area (Å²) in [7, 11) is 1.38. The predicted octanol–water partition coefficient (Wildman–Crippen LogP) is 1.98. The highest BCUT2D eigenvalue weighted by Crippen LogP contribution is 2.21. The molecule has 17 heavy (non-hydrogen) atoms. The number of nitrogens with one attached hydrogen (secondary N) is 1. The molecule has 1 atom stereocenters. The van der Waals surface area contributed by atoms with Crippen molar-refractivity contribution in [2.24, 2.45) is 0 Å². The molecule has 0 radical (unpaired) electrons. The summed E-state index contributed by atoms with van der Waals surface area (Å²) in [6.45, 7) is 1.84. The van der Waals surface area contributed by atoms with E-state index in [-0.39, 0.29) is 11.3 Å². The molecule has 0 bridgehead atoms. The highest BCUT2D eigenvalue weighted by Gasteiger charge is 2.19. The van der Waals surface area contributed by atoms with Gasteiger partial charge in [-0.15, -0.1) is 6.42 Å². The van der Waals surface area contributed by atoms with E-state index in [9.17, 15) is 9.18 Å². The molecular weight excluding hydrogens is 221 g/mol. The minimum Gasteiger partial charge on any atom is -0.496 e. The van der Waals surface area contributed by atoms with E-state index in [0.717, 1.165) is 0 Å². The van der Waals surface area contributed by atoms with E-state index in [2.05, 4.69) is 11.2 Å². The molecule has 0 aromatic heterocycles. The van der Waals surface area contributed by atoms with Crippen LogP contribution in [0.1, 0.15) is 23.7 Å². The van der Waals surface area contributed by atoms with Crippen LogP contribution in [0.2, 0.25) is 0 Å². The van der Waals surface area contributed by atoms with Gasteiger partial charge in [0.1, 0.15) is 17.1 Å². The maximum Gasteiger partial charge on any atom is 0.259 e. The highest BCUT2D eigenvalue weighted by molar-refractivity contribution is 5.97. The van der Waals surface area contributed by atoms with Gasteiger partial charge in [-0.25, -0.2) is 4.39 Å². The summed E-state index contributed by atoms with van der Waals surface area (Å²) < 4.78 is 18.5. The fraction of sp³-hybridized carbons (Fsp3) is 0.308. The number of methoxy groups -OCH3 is 1. The summed E-state index contributed by atoms with van der Waals surface area (Å²) in [5, 5.41) is 2.55. The summed E-state index contributed by atoms with van der Waals surface area (Å²) in [6, 6.07) is 3.79. The SMILES string of the molecule is C#CC(CC)NC(=O)c1c(F)cccc1OC. The number of ether oxygens (including phenoxy) is 1. The van der Waals surface area contributed by atoms with Crippen LogP contribution in [0.25, 0.3) is 0 Å². The number of terminal acetylenes is 1. The van der Waals surface area contributed by atoms with Gasteiger partial charge in [-0.2, -0.15) is 0 Å². The zero-order valence-corrected chi connectivity index (χ0v) is 9.79. The summed E-state index contributed by atoms with van der Waals surface area (Å²) in [6.07, 6.45) is 5.81. The Hall–Kier alpha value is -2.02. The van der Waals surface area contributed by atoms with Gasteiger partial charge in [0.2, 0.25) is 0 Å². The maximum atomic E-state index is 13.6. The number of hydrogen-bond donors (Lipinski definition) is 1. The molecule has 1 unspecified atom stereocenters. The number of benzene rings is 1. The Kier molecular flexibility index (Phi) is 4.53. The first kappa shape index (κ1) is 13.0. The van der Waals surface area contributed by atoms with Gasteiger partial charge in [-0.05, 0) is 18.6 Å². The summed E-state index contributed by atoms with van der Waals surface area (Å²) >= 11 is 0. The molecule has 0 aliphatic heterocycles. The predicted molar refractivity (Wildman–Crippen MR) is 63.3 cm³/mol. The molecule has 1 aromatic carbocycles. The summed E-state index contributed by atoms with van der Waals surface area (Å²) in [5.41, 5.74) is -0.122. The monoisotopic (exact) mass is 235 g/mol. The number of carbonyl (C=O) groups excluding carboxylic acids is 1. The molecule has 0 saturated heterocycles. The lowest BCUT2D eigenvalue weighted by Crippen LogP contribution is -2.34. The van der Waals surface area contributed by atoms with Crippen molar-refractivity contribution in [2.75, 3.05) is 7.11 Å². The highest BCUT2D eigenvalue weighted by atomic mass is 19.1. The first-order valence-corrected chi connectivity index (χ1v) is 5.23. The van der Waals surface area contributed by atoms with E-state index >= 15 is 0 Å². The van der Waals surface area contributed by atoms with Crippen molar-refractivity contribution >= 4 is 5.91 Å². The first-order chi connectivity index (χ1) is 8.13. The molecule has 0 aliphatic carbocycles. The molecule has 1 rings (SSSR count). The second kappa shape index (κ2) is 5.90. The quantitative estimate of drug-likeness (QED) is 0.810. The summed E-state index contributed by atoms with van der Waals surface area (Å²) in [4.78, 5) is 11.8. The Bertz CT molecular complexity index is 451. The largest absolute Gasteiger partial charge is 0.496 e. The van der Waals surface area contributed by atoms with Crippen LogP contribution in [-0.4, -0.2) is 19.1 Å². The second-order valence-electron chi connectivity index (χ2n) is 3.42. The number of halogens is 1. The van der Waals surface area contributed by atoms with Crippen molar-refractivity contribution in [3.05, 3.63) is 29.6 Å².